The van der Waals surface area contributed by atoms with Gasteiger partial charge >= 0.3 is 6.18 Å². The van der Waals surface area contributed by atoms with Gasteiger partial charge in [0.2, 0.25) is 5.89 Å². The molecule has 1 saturated heterocycles. The van der Waals surface area contributed by atoms with Crippen LogP contribution in [-0.4, -0.2) is 48.0 Å². The van der Waals surface area contributed by atoms with Crippen LogP contribution in [0.4, 0.5) is 13.2 Å². The van der Waals surface area contributed by atoms with E-state index in [0.29, 0.717) is 23.9 Å². The minimum Gasteiger partial charge on any atom is -0.441 e. The summed E-state index contributed by atoms with van der Waals surface area (Å²) in [6, 6.07) is 5.61. The van der Waals surface area contributed by atoms with Crippen LogP contribution in [0.15, 0.2) is 28.7 Å². The van der Waals surface area contributed by atoms with E-state index in [0.717, 1.165) is 37.3 Å². The predicted octanol–water partition coefficient (Wildman–Crippen LogP) is 3.80. The SMILES string of the molecule is Cc1oc(-c2cccc(C(F)(F)F)c2)nc1CN1CC[C@H](N(C)C)C1. The molecule has 1 fully saturated rings. The lowest BCUT2D eigenvalue weighted by atomic mass is 10.1. The molecule has 0 unspecified atom stereocenters. The summed E-state index contributed by atoms with van der Waals surface area (Å²) in [5, 5.41) is 0. The van der Waals surface area contributed by atoms with Crippen molar-refractivity contribution in [2.24, 2.45) is 0 Å². The van der Waals surface area contributed by atoms with E-state index >= 15 is 0 Å². The average Bonchev–Trinajstić information content (AvgIpc) is 3.15. The molecule has 0 N–H and O–H groups in total. The van der Waals surface area contributed by atoms with Gasteiger partial charge in [-0.25, -0.2) is 4.98 Å². The zero-order chi connectivity index (χ0) is 18.2. The summed E-state index contributed by atoms with van der Waals surface area (Å²) in [5.74, 6) is 0.891. The van der Waals surface area contributed by atoms with Crippen LogP contribution in [0.3, 0.4) is 0 Å². The molecule has 0 bridgehead atoms. The third-order valence-electron chi connectivity index (χ3n) is 4.68. The van der Waals surface area contributed by atoms with Crippen LogP contribution in [0.2, 0.25) is 0 Å². The summed E-state index contributed by atoms with van der Waals surface area (Å²) in [4.78, 5) is 8.96. The van der Waals surface area contributed by atoms with E-state index in [1.54, 1.807) is 13.0 Å². The van der Waals surface area contributed by atoms with Crippen molar-refractivity contribution in [1.82, 2.24) is 14.8 Å². The smallest absolute Gasteiger partial charge is 0.416 e. The average molecular weight is 353 g/mol. The van der Waals surface area contributed by atoms with Gasteiger partial charge < -0.3 is 9.32 Å². The molecule has 2 heterocycles. The number of nitrogens with zero attached hydrogens (tertiary/aromatic N) is 3. The minimum absolute atomic E-state index is 0.238. The van der Waals surface area contributed by atoms with E-state index in [4.69, 9.17) is 4.42 Å². The van der Waals surface area contributed by atoms with E-state index in [1.807, 2.05) is 0 Å². The van der Waals surface area contributed by atoms with Gasteiger partial charge in [-0.2, -0.15) is 13.2 Å². The van der Waals surface area contributed by atoms with Crippen molar-refractivity contribution >= 4 is 0 Å². The van der Waals surface area contributed by atoms with Gasteiger partial charge in [-0.05, 0) is 45.6 Å². The summed E-state index contributed by atoms with van der Waals surface area (Å²) in [6.45, 7) is 4.39. The first kappa shape index (κ1) is 17.9. The lowest BCUT2D eigenvalue weighted by molar-refractivity contribution is -0.137. The number of rotatable bonds is 4. The quantitative estimate of drug-likeness (QED) is 0.837. The zero-order valence-corrected chi connectivity index (χ0v) is 14.6. The Morgan fingerprint density at radius 1 is 1.32 bits per heavy atom. The first-order chi connectivity index (χ1) is 11.7. The number of likely N-dealkylation sites (N-methyl/N-ethyl adjacent to an activating group) is 1. The molecule has 0 saturated carbocycles. The fourth-order valence-electron chi connectivity index (χ4n) is 3.12. The lowest BCUT2D eigenvalue weighted by Gasteiger charge is -2.19. The predicted molar refractivity (Wildman–Crippen MR) is 89.0 cm³/mol. The van der Waals surface area contributed by atoms with Gasteiger partial charge in [-0.3, -0.25) is 4.90 Å². The lowest BCUT2D eigenvalue weighted by Crippen LogP contribution is -2.31. The molecule has 4 nitrogen and oxygen atoms in total. The Bertz CT molecular complexity index is 739. The largest absolute Gasteiger partial charge is 0.441 e. The molecule has 136 valence electrons. The second-order valence-electron chi connectivity index (χ2n) is 6.74. The topological polar surface area (TPSA) is 32.5 Å². The van der Waals surface area contributed by atoms with Crippen molar-refractivity contribution in [3.63, 3.8) is 0 Å². The van der Waals surface area contributed by atoms with Crippen LogP contribution >= 0.6 is 0 Å². The molecule has 25 heavy (non-hydrogen) atoms. The van der Waals surface area contributed by atoms with E-state index in [1.165, 1.54) is 6.07 Å². The second kappa shape index (κ2) is 6.80. The first-order valence-electron chi connectivity index (χ1n) is 8.27. The van der Waals surface area contributed by atoms with E-state index < -0.39 is 11.7 Å². The Hall–Kier alpha value is -1.86. The minimum atomic E-state index is -4.38. The Labute approximate surface area is 145 Å². The van der Waals surface area contributed by atoms with Gasteiger partial charge in [0.15, 0.2) is 0 Å². The molecular weight excluding hydrogens is 331 g/mol. The third-order valence-corrected chi connectivity index (χ3v) is 4.68. The van der Waals surface area contributed by atoms with Crippen molar-refractivity contribution in [3.8, 4) is 11.5 Å². The van der Waals surface area contributed by atoms with Crippen LogP contribution in [0, 0.1) is 6.92 Å². The van der Waals surface area contributed by atoms with Crippen LogP contribution in [0.5, 0.6) is 0 Å². The Balaban J connectivity index is 1.77. The third kappa shape index (κ3) is 4.04. The highest BCUT2D eigenvalue weighted by atomic mass is 19.4. The number of oxazole rings is 1. The van der Waals surface area contributed by atoms with E-state index in [9.17, 15) is 13.2 Å². The van der Waals surface area contributed by atoms with Gasteiger partial charge in [0.25, 0.3) is 0 Å². The van der Waals surface area contributed by atoms with Gasteiger partial charge in [0.05, 0.1) is 11.3 Å². The number of hydrogen-bond donors (Lipinski definition) is 0. The number of likely N-dealkylation sites (tertiary alicyclic amines) is 1. The summed E-state index contributed by atoms with van der Waals surface area (Å²) < 4.78 is 44.3. The molecule has 2 aromatic rings. The number of benzene rings is 1. The summed E-state index contributed by atoms with van der Waals surface area (Å²) >= 11 is 0. The second-order valence-corrected chi connectivity index (χ2v) is 6.74. The number of aryl methyl sites for hydroxylation is 1. The van der Waals surface area contributed by atoms with Crippen molar-refractivity contribution in [2.75, 3.05) is 27.2 Å². The Morgan fingerprint density at radius 3 is 2.72 bits per heavy atom. The normalized spacial score (nSPS) is 19.1. The molecule has 0 radical (unpaired) electrons. The van der Waals surface area contributed by atoms with Crippen molar-refractivity contribution in [2.45, 2.75) is 32.1 Å². The summed E-state index contributed by atoms with van der Waals surface area (Å²) in [5.41, 5.74) is 0.430. The highest BCUT2D eigenvalue weighted by molar-refractivity contribution is 5.55. The zero-order valence-electron chi connectivity index (χ0n) is 14.6. The number of hydrogen-bond acceptors (Lipinski definition) is 4. The molecule has 1 aliphatic heterocycles. The van der Waals surface area contributed by atoms with Gasteiger partial charge in [-0.15, -0.1) is 0 Å². The van der Waals surface area contributed by atoms with Crippen LogP contribution in [-0.2, 0) is 12.7 Å². The first-order valence-corrected chi connectivity index (χ1v) is 8.27. The number of halogens is 3. The van der Waals surface area contributed by atoms with E-state index in [-0.39, 0.29) is 5.89 Å². The maximum atomic E-state index is 12.9. The van der Waals surface area contributed by atoms with Gasteiger partial charge in [-0.1, -0.05) is 6.07 Å². The standard InChI is InChI=1S/C18H22F3N3O/c1-12-16(11-24-8-7-15(10-24)23(2)3)22-17(25-12)13-5-4-6-14(9-13)18(19,20)21/h4-6,9,15H,7-8,10-11H2,1-3H3/t15-/m0/s1. The fraction of sp³-hybridized carbons (Fsp3) is 0.500. The van der Waals surface area contributed by atoms with Crippen LogP contribution < -0.4 is 0 Å². The molecule has 0 amide bonds. The number of aromatic nitrogens is 1. The Kier molecular flexibility index (Phi) is 4.88. The highest BCUT2D eigenvalue weighted by Gasteiger charge is 2.31. The van der Waals surface area contributed by atoms with Crippen molar-refractivity contribution < 1.29 is 17.6 Å². The molecular formula is C18H22F3N3O. The molecule has 1 aromatic heterocycles. The monoisotopic (exact) mass is 353 g/mol. The maximum Gasteiger partial charge on any atom is 0.416 e. The van der Waals surface area contributed by atoms with Crippen molar-refractivity contribution in [1.29, 1.82) is 0 Å². The van der Waals surface area contributed by atoms with Gasteiger partial charge in [0.1, 0.15) is 5.76 Å². The molecule has 1 atom stereocenters. The molecule has 0 spiro atoms. The Morgan fingerprint density at radius 2 is 2.08 bits per heavy atom. The number of alkyl halides is 3. The molecule has 1 aliphatic rings. The highest BCUT2D eigenvalue weighted by Crippen LogP contribution is 2.32. The summed E-state index contributed by atoms with van der Waals surface area (Å²) in [7, 11) is 4.14. The van der Waals surface area contributed by atoms with E-state index in [2.05, 4.69) is 28.9 Å². The van der Waals surface area contributed by atoms with Crippen LogP contribution in [0.1, 0.15) is 23.4 Å². The molecule has 7 heteroatoms. The van der Waals surface area contributed by atoms with Gasteiger partial charge in [0, 0.05) is 31.2 Å². The summed E-state index contributed by atoms with van der Waals surface area (Å²) in [6.07, 6.45) is -3.28. The molecule has 0 aliphatic carbocycles. The van der Waals surface area contributed by atoms with Crippen LogP contribution in [0.25, 0.3) is 11.5 Å². The molecule has 3 rings (SSSR count). The van der Waals surface area contributed by atoms with Crippen molar-refractivity contribution in [3.05, 3.63) is 41.3 Å². The maximum absolute atomic E-state index is 12.9. The fourth-order valence-corrected chi connectivity index (χ4v) is 3.12. The molecule has 1 aromatic carbocycles.